The molecular formula is C11H14O2S. The smallest absolute Gasteiger partial charge is 0.150 e. The van der Waals surface area contributed by atoms with Gasteiger partial charge in [-0.05, 0) is 24.8 Å². The van der Waals surface area contributed by atoms with Gasteiger partial charge >= 0.3 is 0 Å². The first kappa shape index (κ1) is 11.1. The summed E-state index contributed by atoms with van der Waals surface area (Å²) in [4.78, 5) is 11.6. The van der Waals surface area contributed by atoms with Gasteiger partial charge in [0.1, 0.15) is 12.0 Å². The third-order valence-corrected chi connectivity index (χ3v) is 2.56. The summed E-state index contributed by atoms with van der Waals surface area (Å²) in [5.74, 6) is 0.809. The molecule has 76 valence electrons. The Morgan fingerprint density at radius 1 is 1.50 bits per heavy atom. The second-order valence-electron chi connectivity index (χ2n) is 2.88. The van der Waals surface area contributed by atoms with Gasteiger partial charge in [-0.2, -0.15) is 0 Å². The number of carbonyl (C=O) groups excluding carboxylic acids is 1. The lowest BCUT2D eigenvalue weighted by molar-refractivity contribution is 0.112. The van der Waals surface area contributed by atoms with Crippen LogP contribution < -0.4 is 4.74 Å². The highest BCUT2D eigenvalue weighted by Gasteiger charge is 2.03. The quantitative estimate of drug-likeness (QED) is 0.552. The molecule has 0 saturated carbocycles. The molecule has 0 spiro atoms. The molecule has 0 radical (unpaired) electrons. The van der Waals surface area contributed by atoms with Gasteiger partial charge in [0.15, 0.2) is 0 Å². The molecule has 0 unspecified atom stereocenters. The maximum atomic E-state index is 10.6. The molecule has 1 aromatic carbocycles. The van der Waals surface area contributed by atoms with Gasteiger partial charge in [0.25, 0.3) is 0 Å². The molecule has 0 aliphatic carbocycles. The first-order valence-electron chi connectivity index (χ1n) is 4.57. The number of ether oxygens (including phenoxy) is 1. The van der Waals surface area contributed by atoms with Gasteiger partial charge in [0, 0.05) is 10.5 Å². The Bertz CT molecular complexity index is 310. The van der Waals surface area contributed by atoms with Crippen molar-refractivity contribution in [3.05, 3.63) is 23.8 Å². The van der Waals surface area contributed by atoms with Crippen LogP contribution in [-0.4, -0.2) is 19.1 Å². The molecule has 0 heterocycles. The van der Waals surface area contributed by atoms with E-state index in [1.165, 1.54) is 0 Å². The fraction of sp³-hybridized carbons (Fsp3) is 0.364. The van der Waals surface area contributed by atoms with Crippen molar-refractivity contribution >= 4 is 18.0 Å². The van der Waals surface area contributed by atoms with Crippen LogP contribution in [0.25, 0.3) is 0 Å². The minimum Gasteiger partial charge on any atom is -0.492 e. The number of hydrogen-bond acceptors (Lipinski definition) is 3. The van der Waals surface area contributed by atoms with Gasteiger partial charge in [-0.25, -0.2) is 0 Å². The summed E-state index contributed by atoms with van der Waals surface area (Å²) in [5, 5.41) is 0. The van der Waals surface area contributed by atoms with Crippen LogP contribution in [0, 0.1) is 0 Å². The lowest BCUT2D eigenvalue weighted by Crippen LogP contribution is -1.97. The Morgan fingerprint density at radius 2 is 2.29 bits per heavy atom. The Hall–Kier alpha value is -0.960. The summed E-state index contributed by atoms with van der Waals surface area (Å²) in [6.45, 7) is 2.75. The molecular weight excluding hydrogens is 196 g/mol. The van der Waals surface area contributed by atoms with Crippen LogP contribution in [0.3, 0.4) is 0 Å². The van der Waals surface area contributed by atoms with E-state index in [9.17, 15) is 4.79 Å². The van der Waals surface area contributed by atoms with E-state index in [1.807, 2.05) is 12.3 Å². The molecule has 0 aromatic heterocycles. The molecule has 0 amide bonds. The Kier molecular flexibility index (Phi) is 4.53. The number of carbonyl (C=O) groups is 1. The van der Waals surface area contributed by atoms with Crippen LogP contribution >= 0.6 is 11.8 Å². The van der Waals surface area contributed by atoms with Gasteiger partial charge in [0.05, 0.1) is 6.61 Å². The third-order valence-electron chi connectivity index (χ3n) is 1.79. The van der Waals surface area contributed by atoms with Crippen LogP contribution in [0.1, 0.15) is 23.7 Å². The van der Waals surface area contributed by atoms with Gasteiger partial charge in [-0.15, -0.1) is 11.8 Å². The molecule has 2 nitrogen and oxygen atoms in total. The van der Waals surface area contributed by atoms with E-state index in [4.69, 9.17) is 4.74 Å². The van der Waals surface area contributed by atoms with Crippen LogP contribution in [-0.2, 0) is 0 Å². The summed E-state index contributed by atoms with van der Waals surface area (Å²) in [5.41, 5.74) is 0.661. The van der Waals surface area contributed by atoms with Gasteiger partial charge < -0.3 is 4.74 Å². The van der Waals surface area contributed by atoms with Gasteiger partial charge in [-0.3, -0.25) is 4.79 Å². The van der Waals surface area contributed by atoms with Gasteiger partial charge in [-0.1, -0.05) is 13.0 Å². The average Bonchev–Trinajstić information content (AvgIpc) is 2.25. The van der Waals surface area contributed by atoms with Crippen molar-refractivity contribution in [2.45, 2.75) is 18.2 Å². The lowest BCUT2D eigenvalue weighted by Gasteiger charge is -2.09. The summed E-state index contributed by atoms with van der Waals surface area (Å²) < 4.78 is 5.54. The van der Waals surface area contributed by atoms with Crippen molar-refractivity contribution in [1.82, 2.24) is 0 Å². The second kappa shape index (κ2) is 5.70. The van der Waals surface area contributed by atoms with Crippen LogP contribution in [0.2, 0.25) is 0 Å². The monoisotopic (exact) mass is 210 g/mol. The van der Waals surface area contributed by atoms with Crippen molar-refractivity contribution in [2.24, 2.45) is 0 Å². The topological polar surface area (TPSA) is 26.3 Å². The minimum atomic E-state index is 0.661. The highest BCUT2D eigenvalue weighted by atomic mass is 32.2. The maximum Gasteiger partial charge on any atom is 0.150 e. The molecule has 0 bridgehead atoms. The highest BCUT2D eigenvalue weighted by Crippen LogP contribution is 2.28. The summed E-state index contributed by atoms with van der Waals surface area (Å²) in [7, 11) is 0. The Labute approximate surface area is 88.7 Å². The van der Waals surface area contributed by atoms with Crippen molar-refractivity contribution in [3.8, 4) is 5.75 Å². The number of thioether (sulfide) groups is 1. The molecule has 0 fully saturated rings. The largest absolute Gasteiger partial charge is 0.492 e. The molecule has 0 aliphatic rings. The SMILES string of the molecule is CCCOc1cc(C=O)ccc1SC. The molecule has 0 saturated heterocycles. The zero-order chi connectivity index (χ0) is 10.4. The highest BCUT2D eigenvalue weighted by molar-refractivity contribution is 7.98. The molecule has 0 N–H and O–H groups in total. The van der Waals surface area contributed by atoms with Crippen LogP contribution in [0.5, 0.6) is 5.75 Å². The predicted molar refractivity (Wildman–Crippen MR) is 59.4 cm³/mol. The van der Waals surface area contributed by atoms with E-state index < -0.39 is 0 Å². The Morgan fingerprint density at radius 3 is 2.86 bits per heavy atom. The summed E-state index contributed by atoms with van der Waals surface area (Å²) in [6.07, 6.45) is 3.80. The minimum absolute atomic E-state index is 0.661. The second-order valence-corrected chi connectivity index (χ2v) is 3.72. The number of benzene rings is 1. The first-order valence-corrected chi connectivity index (χ1v) is 5.80. The van der Waals surface area contributed by atoms with Crippen molar-refractivity contribution < 1.29 is 9.53 Å². The number of hydrogen-bond donors (Lipinski definition) is 0. The zero-order valence-electron chi connectivity index (χ0n) is 8.45. The molecule has 0 atom stereocenters. The standard InChI is InChI=1S/C11H14O2S/c1-3-6-13-10-7-9(8-12)4-5-11(10)14-2/h4-5,7-8H,3,6H2,1-2H3. The van der Waals surface area contributed by atoms with E-state index in [0.29, 0.717) is 12.2 Å². The molecule has 0 aliphatic heterocycles. The van der Waals surface area contributed by atoms with Crippen molar-refractivity contribution in [2.75, 3.05) is 12.9 Å². The molecule has 1 rings (SSSR count). The maximum absolute atomic E-state index is 10.6. The van der Waals surface area contributed by atoms with Crippen molar-refractivity contribution in [3.63, 3.8) is 0 Å². The predicted octanol–water partition coefficient (Wildman–Crippen LogP) is 3.01. The lowest BCUT2D eigenvalue weighted by atomic mass is 10.2. The third kappa shape index (κ3) is 2.77. The zero-order valence-corrected chi connectivity index (χ0v) is 9.26. The van der Waals surface area contributed by atoms with E-state index in [2.05, 4.69) is 6.92 Å². The molecule has 3 heteroatoms. The van der Waals surface area contributed by atoms with E-state index in [0.717, 1.165) is 23.4 Å². The van der Waals surface area contributed by atoms with Crippen molar-refractivity contribution in [1.29, 1.82) is 0 Å². The average molecular weight is 210 g/mol. The van der Waals surface area contributed by atoms with Crippen LogP contribution in [0.15, 0.2) is 23.1 Å². The number of aldehydes is 1. The summed E-state index contributed by atoms with van der Waals surface area (Å²) in [6, 6.07) is 5.51. The van der Waals surface area contributed by atoms with E-state index >= 15 is 0 Å². The molecule has 1 aromatic rings. The van der Waals surface area contributed by atoms with E-state index in [-0.39, 0.29) is 0 Å². The van der Waals surface area contributed by atoms with Crippen LogP contribution in [0.4, 0.5) is 0 Å². The summed E-state index contributed by atoms with van der Waals surface area (Å²) >= 11 is 1.62. The van der Waals surface area contributed by atoms with E-state index in [1.54, 1.807) is 23.9 Å². The Balaban J connectivity index is 2.89. The fourth-order valence-electron chi connectivity index (χ4n) is 1.09. The number of rotatable bonds is 5. The van der Waals surface area contributed by atoms with Gasteiger partial charge in [0.2, 0.25) is 0 Å². The normalized spacial score (nSPS) is 9.86. The fourth-order valence-corrected chi connectivity index (χ4v) is 1.61. The molecule has 14 heavy (non-hydrogen) atoms. The first-order chi connectivity index (χ1) is 6.81.